The average molecular weight is 325 g/mol. The predicted molar refractivity (Wildman–Crippen MR) is 93.5 cm³/mol. The van der Waals surface area contributed by atoms with E-state index in [2.05, 4.69) is 15.6 Å². The summed E-state index contributed by atoms with van der Waals surface area (Å²) in [6.45, 7) is 3.60. The molecule has 24 heavy (non-hydrogen) atoms. The molecule has 0 unspecified atom stereocenters. The minimum absolute atomic E-state index is 0.157. The molecule has 3 rings (SSSR count). The van der Waals surface area contributed by atoms with Crippen molar-refractivity contribution < 1.29 is 13.9 Å². The zero-order valence-corrected chi connectivity index (χ0v) is 13.8. The number of anilines is 2. The van der Waals surface area contributed by atoms with E-state index < -0.39 is 6.04 Å². The predicted octanol–water partition coefficient (Wildman–Crippen LogP) is 3.58. The van der Waals surface area contributed by atoms with Crippen molar-refractivity contribution in [1.29, 1.82) is 0 Å². The Balaban J connectivity index is 1.70. The Labute approximate surface area is 139 Å². The molecule has 0 radical (unpaired) electrons. The summed E-state index contributed by atoms with van der Waals surface area (Å²) >= 11 is 0. The Morgan fingerprint density at radius 2 is 2.04 bits per heavy atom. The van der Waals surface area contributed by atoms with Gasteiger partial charge in [-0.15, -0.1) is 0 Å². The second kappa shape index (κ2) is 6.62. The quantitative estimate of drug-likeness (QED) is 0.750. The largest absolute Gasteiger partial charge is 0.495 e. The first kappa shape index (κ1) is 15.9. The van der Waals surface area contributed by atoms with Gasteiger partial charge in [0.05, 0.1) is 12.8 Å². The lowest BCUT2D eigenvalue weighted by molar-refractivity contribution is -0.116. The fourth-order valence-corrected chi connectivity index (χ4v) is 2.44. The summed E-state index contributed by atoms with van der Waals surface area (Å²) in [6.07, 6.45) is 0. The number of carbonyl (C=O) groups excluding carboxylic acids is 1. The van der Waals surface area contributed by atoms with Gasteiger partial charge < -0.3 is 19.8 Å². The summed E-state index contributed by atoms with van der Waals surface area (Å²) < 4.78 is 10.7. The van der Waals surface area contributed by atoms with Gasteiger partial charge in [0.15, 0.2) is 11.5 Å². The fraction of sp³-hybridized carbons (Fsp3) is 0.222. The van der Waals surface area contributed by atoms with E-state index in [4.69, 9.17) is 9.15 Å². The first-order chi connectivity index (χ1) is 11.6. The smallest absolute Gasteiger partial charge is 0.246 e. The van der Waals surface area contributed by atoms with Crippen LogP contribution in [-0.4, -0.2) is 24.0 Å². The standard InChI is InChI=1S/C18H19N3O3/c1-11(18(22)21-14-6-4-5-7-16(14)23-3)19-13-8-9-17-15(10-13)20-12(2)24-17/h4-11,19H,1-3H3,(H,21,22)/t11-/m0/s1. The molecule has 0 saturated heterocycles. The summed E-state index contributed by atoms with van der Waals surface area (Å²) in [5.41, 5.74) is 2.93. The molecule has 0 aliphatic rings. The highest BCUT2D eigenvalue weighted by Crippen LogP contribution is 2.24. The second-order valence-electron chi connectivity index (χ2n) is 5.47. The number of amides is 1. The van der Waals surface area contributed by atoms with E-state index in [1.165, 1.54) is 0 Å². The van der Waals surface area contributed by atoms with Crippen molar-refractivity contribution in [3.05, 3.63) is 48.4 Å². The SMILES string of the molecule is COc1ccccc1NC(=O)[C@H](C)Nc1ccc2oc(C)nc2c1. The number of para-hydroxylation sites is 2. The molecule has 0 spiro atoms. The van der Waals surface area contributed by atoms with Gasteiger partial charge in [-0.2, -0.15) is 0 Å². The Kier molecular flexibility index (Phi) is 4.37. The lowest BCUT2D eigenvalue weighted by Crippen LogP contribution is -2.31. The molecule has 6 nitrogen and oxygen atoms in total. The molecule has 1 heterocycles. The third-order valence-corrected chi connectivity index (χ3v) is 3.64. The second-order valence-corrected chi connectivity index (χ2v) is 5.47. The zero-order chi connectivity index (χ0) is 17.1. The molecular weight excluding hydrogens is 306 g/mol. The number of oxazole rings is 1. The van der Waals surface area contributed by atoms with Crippen LogP contribution >= 0.6 is 0 Å². The highest BCUT2D eigenvalue weighted by molar-refractivity contribution is 5.97. The van der Waals surface area contributed by atoms with Crippen molar-refractivity contribution in [3.63, 3.8) is 0 Å². The topological polar surface area (TPSA) is 76.4 Å². The van der Waals surface area contributed by atoms with E-state index in [0.717, 1.165) is 16.8 Å². The van der Waals surface area contributed by atoms with Crippen LogP contribution in [-0.2, 0) is 4.79 Å². The number of ether oxygens (including phenoxy) is 1. The van der Waals surface area contributed by atoms with Gasteiger partial charge in [-0.05, 0) is 37.3 Å². The molecule has 0 fully saturated rings. The number of aromatic nitrogens is 1. The maximum absolute atomic E-state index is 12.4. The van der Waals surface area contributed by atoms with Crippen LogP contribution < -0.4 is 15.4 Å². The minimum atomic E-state index is -0.430. The van der Waals surface area contributed by atoms with Gasteiger partial charge in [-0.3, -0.25) is 4.79 Å². The monoisotopic (exact) mass is 325 g/mol. The maximum atomic E-state index is 12.4. The molecule has 0 saturated carbocycles. The molecule has 1 aromatic heterocycles. The molecule has 3 aromatic rings. The van der Waals surface area contributed by atoms with Crippen LogP contribution in [0.3, 0.4) is 0 Å². The Bertz CT molecular complexity index is 873. The lowest BCUT2D eigenvalue weighted by Gasteiger charge is -2.16. The number of aryl methyl sites for hydroxylation is 1. The molecule has 0 aliphatic heterocycles. The number of carbonyl (C=O) groups is 1. The highest BCUT2D eigenvalue weighted by Gasteiger charge is 2.15. The van der Waals surface area contributed by atoms with Crippen LogP contribution in [0.1, 0.15) is 12.8 Å². The molecule has 1 amide bonds. The zero-order valence-electron chi connectivity index (χ0n) is 13.8. The average Bonchev–Trinajstić information content (AvgIpc) is 2.94. The van der Waals surface area contributed by atoms with E-state index in [1.54, 1.807) is 33.1 Å². The number of hydrogen-bond acceptors (Lipinski definition) is 5. The summed E-state index contributed by atoms with van der Waals surface area (Å²) in [6, 6.07) is 12.4. The molecule has 6 heteroatoms. The molecule has 2 N–H and O–H groups in total. The molecule has 124 valence electrons. The van der Waals surface area contributed by atoms with E-state index in [0.29, 0.717) is 17.3 Å². The summed E-state index contributed by atoms with van der Waals surface area (Å²) in [7, 11) is 1.57. The van der Waals surface area contributed by atoms with Gasteiger partial charge in [-0.25, -0.2) is 4.98 Å². The normalized spacial score (nSPS) is 12.0. The lowest BCUT2D eigenvalue weighted by atomic mass is 10.2. The van der Waals surface area contributed by atoms with Crippen LogP contribution in [0.5, 0.6) is 5.75 Å². The number of hydrogen-bond donors (Lipinski definition) is 2. The van der Waals surface area contributed by atoms with Crippen molar-refractivity contribution in [1.82, 2.24) is 4.98 Å². The van der Waals surface area contributed by atoms with E-state index >= 15 is 0 Å². The highest BCUT2D eigenvalue weighted by atomic mass is 16.5. The van der Waals surface area contributed by atoms with Crippen molar-refractivity contribution >= 4 is 28.4 Å². The van der Waals surface area contributed by atoms with E-state index in [-0.39, 0.29) is 5.91 Å². The molecule has 2 aromatic carbocycles. The van der Waals surface area contributed by atoms with Crippen LogP contribution in [0.4, 0.5) is 11.4 Å². The van der Waals surface area contributed by atoms with Crippen molar-refractivity contribution in [2.24, 2.45) is 0 Å². The number of nitrogens with zero attached hydrogens (tertiary/aromatic N) is 1. The van der Waals surface area contributed by atoms with Gasteiger partial charge in [-0.1, -0.05) is 12.1 Å². The van der Waals surface area contributed by atoms with Crippen LogP contribution in [0.15, 0.2) is 46.9 Å². The first-order valence-electron chi connectivity index (χ1n) is 7.64. The Morgan fingerprint density at radius 1 is 1.25 bits per heavy atom. The fourth-order valence-electron chi connectivity index (χ4n) is 2.44. The van der Waals surface area contributed by atoms with Crippen LogP contribution in [0.2, 0.25) is 0 Å². The summed E-state index contributed by atoms with van der Waals surface area (Å²) in [5.74, 6) is 1.08. The first-order valence-corrected chi connectivity index (χ1v) is 7.64. The summed E-state index contributed by atoms with van der Waals surface area (Å²) in [5, 5.41) is 6.03. The van der Waals surface area contributed by atoms with Gasteiger partial charge in [0.1, 0.15) is 17.3 Å². The van der Waals surface area contributed by atoms with Crippen LogP contribution in [0, 0.1) is 6.92 Å². The van der Waals surface area contributed by atoms with Crippen molar-refractivity contribution in [2.75, 3.05) is 17.7 Å². The maximum Gasteiger partial charge on any atom is 0.246 e. The third kappa shape index (κ3) is 3.32. The molecule has 1 atom stereocenters. The minimum Gasteiger partial charge on any atom is -0.495 e. The van der Waals surface area contributed by atoms with E-state index in [9.17, 15) is 4.79 Å². The third-order valence-electron chi connectivity index (χ3n) is 3.64. The molecule has 0 aliphatic carbocycles. The Morgan fingerprint density at radius 3 is 2.83 bits per heavy atom. The number of fused-ring (bicyclic) bond motifs is 1. The number of nitrogens with one attached hydrogen (secondary N) is 2. The molecular formula is C18H19N3O3. The van der Waals surface area contributed by atoms with E-state index in [1.807, 2.05) is 30.3 Å². The van der Waals surface area contributed by atoms with Gasteiger partial charge in [0, 0.05) is 12.6 Å². The number of rotatable bonds is 5. The number of benzene rings is 2. The van der Waals surface area contributed by atoms with Crippen LogP contribution in [0.25, 0.3) is 11.1 Å². The number of methoxy groups -OCH3 is 1. The van der Waals surface area contributed by atoms with Crippen molar-refractivity contribution in [3.8, 4) is 5.75 Å². The van der Waals surface area contributed by atoms with Gasteiger partial charge in [0.2, 0.25) is 5.91 Å². The summed E-state index contributed by atoms with van der Waals surface area (Å²) in [4.78, 5) is 16.7. The van der Waals surface area contributed by atoms with Crippen molar-refractivity contribution in [2.45, 2.75) is 19.9 Å². The van der Waals surface area contributed by atoms with Gasteiger partial charge in [0.25, 0.3) is 0 Å². The molecule has 0 bridgehead atoms. The Hall–Kier alpha value is -3.02. The van der Waals surface area contributed by atoms with Gasteiger partial charge >= 0.3 is 0 Å².